The zero-order chi connectivity index (χ0) is 19.0. The summed E-state index contributed by atoms with van der Waals surface area (Å²) in [4.78, 5) is 24.0. The Labute approximate surface area is 148 Å². The number of fused-ring (bicyclic) bond motifs is 1. The van der Waals surface area contributed by atoms with Gasteiger partial charge in [0.05, 0.1) is 31.5 Å². The lowest BCUT2D eigenvalue weighted by Gasteiger charge is -2.42. The molecule has 0 radical (unpaired) electrons. The lowest BCUT2D eigenvalue weighted by Crippen LogP contribution is -2.60. The van der Waals surface area contributed by atoms with Gasteiger partial charge in [-0.15, -0.1) is 0 Å². The molecule has 0 spiro atoms. The lowest BCUT2D eigenvalue weighted by molar-refractivity contribution is -0.338. The smallest absolute Gasteiger partial charge is 0.337 e. The molecule has 0 aromatic rings. The summed E-state index contributed by atoms with van der Waals surface area (Å²) in [5, 5.41) is 38.9. The second-order valence-electron chi connectivity index (χ2n) is 6.22. The summed E-state index contributed by atoms with van der Waals surface area (Å²) in [5.74, 6) is -2.52. The molecule has 0 amide bonds. The highest BCUT2D eigenvalue weighted by molar-refractivity contribution is 5.99. The lowest BCUT2D eigenvalue weighted by atomic mass is 9.86. The van der Waals surface area contributed by atoms with Crippen LogP contribution in [0.5, 0.6) is 0 Å². The maximum Gasteiger partial charge on any atom is 0.337 e. The van der Waals surface area contributed by atoms with E-state index in [2.05, 4.69) is 4.74 Å². The van der Waals surface area contributed by atoms with Crippen LogP contribution >= 0.6 is 0 Å². The fourth-order valence-electron chi connectivity index (χ4n) is 3.24. The van der Waals surface area contributed by atoms with E-state index in [9.17, 15) is 30.0 Å². The van der Waals surface area contributed by atoms with Crippen LogP contribution in [0, 0.1) is 11.8 Å². The third kappa shape index (κ3) is 3.15. The first kappa shape index (κ1) is 19.0. The minimum absolute atomic E-state index is 0.147. The zero-order valence-electron chi connectivity index (χ0n) is 13.8. The van der Waals surface area contributed by atoms with Gasteiger partial charge in [0.2, 0.25) is 6.29 Å². The highest BCUT2D eigenvalue weighted by Crippen LogP contribution is 2.39. The van der Waals surface area contributed by atoms with Crippen molar-refractivity contribution < 1.29 is 49.0 Å². The molecule has 10 heteroatoms. The Hall–Kier alpha value is -1.82. The van der Waals surface area contributed by atoms with E-state index in [1.807, 2.05) is 0 Å². The van der Waals surface area contributed by atoms with Crippen LogP contribution in [0.25, 0.3) is 0 Å². The molecule has 4 N–H and O–H groups in total. The molecule has 0 saturated carbocycles. The summed E-state index contributed by atoms with van der Waals surface area (Å²) < 4.78 is 20.8. The van der Waals surface area contributed by atoms with Crippen molar-refractivity contribution in [2.75, 3.05) is 13.7 Å². The molecule has 8 unspecified atom stereocenters. The summed E-state index contributed by atoms with van der Waals surface area (Å²) in [7, 11) is 1.20. The Kier molecular flexibility index (Phi) is 5.42. The van der Waals surface area contributed by atoms with Gasteiger partial charge in [-0.1, -0.05) is 6.08 Å². The number of carbonyl (C=O) groups excluding carboxylic acids is 2. The number of rotatable bonds is 4. The number of aliphatic hydroxyl groups excluding tert-OH is 4. The van der Waals surface area contributed by atoms with E-state index in [1.54, 1.807) is 0 Å². The normalized spacial score (nSPS) is 42.0. The highest BCUT2D eigenvalue weighted by atomic mass is 16.8. The second kappa shape index (κ2) is 7.43. The number of allylic oxidation sites excluding steroid dienone is 2. The van der Waals surface area contributed by atoms with E-state index in [4.69, 9.17) is 14.2 Å². The Morgan fingerprint density at radius 2 is 1.92 bits per heavy atom. The predicted octanol–water partition coefficient (Wildman–Crippen LogP) is -2.41. The molecule has 0 aromatic carbocycles. The Morgan fingerprint density at radius 1 is 1.19 bits per heavy atom. The van der Waals surface area contributed by atoms with Crippen LogP contribution in [0.3, 0.4) is 0 Å². The summed E-state index contributed by atoms with van der Waals surface area (Å²) in [6.07, 6.45) is -4.67. The van der Waals surface area contributed by atoms with Crippen LogP contribution in [0.15, 0.2) is 24.0 Å². The maximum atomic E-state index is 12.2. The van der Waals surface area contributed by atoms with E-state index in [0.29, 0.717) is 0 Å². The quantitative estimate of drug-likeness (QED) is 0.393. The fraction of sp³-hybridized carbons (Fsp3) is 0.625. The number of hydrogen-bond donors (Lipinski definition) is 4. The summed E-state index contributed by atoms with van der Waals surface area (Å²) >= 11 is 0. The molecule has 144 valence electrons. The van der Waals surface area contributed by atoms with Crippen molar-refractivity contribution in [3.05, 3.63) is 24.0 Å². The van der Waals surface area contributed by atoms with Gasteiger partial charge < -0.3 is 39.4 Å². The van der Waals surface area contributed by atoms with Gasteiger partial charge in [0.15, 0.2) is 12.1 Å². The van der Waals surface area contributed by atoms with E-state index >= 15 is 0 Å². The SMILES string of the molecule is COC(=O)C1=COC(OC2OC(CO)C(O)C(O)C2O)C2C(=O)C=CC12. The van der Waals surface area contributed by atoms with Crippen molar-refractivity contribution in [3.8, 4) is 0 Å². The topological polar surface area (TPSA) is 152 Å². The highest BCUT2D eigenvalue weighted by Gasteiger charge is 2.50. The van der Waals surface area contributed by atoms with Crippen LogP contribution in [0.2, 0.25) is 0 Å². The number of esters is 1. The molecule has 2 aliphatic heterocycles. The van der Waals surface area contributed by atoms with Crippen LogP contribution in [-0.4, -0.2) is 82.9 Å². The van der Waals surface area contributed by atoms with E-state index in [1.165, 1.54) is 19.3 Å². The molecule has 3 aliphatic rings. The maximum absolute atomic E-state index is 12.2. The minimum atomic E-state index is -1.63. The molecule has 3 rings (SSSR count). The van der Waals surface area contributed by atoms with Gasteiger partial charge in [0.25, 0.3) is 0 Å². The average Bonchev–Trinajstić information content (AvgIpc) is 3.04. The van der Waals surface area contributed by atoms with Gasteiger partial charge in [-0.25, -0.2) is 4.79 Å². The molecule has 0 bridgehead atoms. The van der Waals surface area contributed by atoms with Crippen molar-refractivity contribution in [2.24, 2.45) is 11.8 Å². The third-order valence-electron chi connectivity index (χ3n) is 4.70. The number of ketones is 1. The zero-order valence-corrected chi connectivity index (χ0v) is 13.8. The van der Waals surface area contributed by atoms with Crippen LogP contribution in [0.1, 0.15) is 0 Å². The van der Waals surface area contributed by atoms with Crippen molar-refractivity contribution in [2.45, 2.75) is 37.0 Å². The third-order valence-corrected chi connectivity index (χ3v) is 4.70. The Balaban J connectivity index is 1.78. The van der Waals surface area contributed by atoms with Crippen molar-refractivity contribution in [1.29, 1.82) is 0 Å². The molecule has 8 atom stereocenters. The van der Waals surface area contributed by atoms with Gasteiger partial charge in [0.1, 0.15) is 24.4 Å². The molecule has 10 nitrogen and oxygen atoms in total. The first-order valence-electron chi connectivity index (χ1n) is 8.01. The van der Waals surface area contributed by atoms with Gasteiger partial charge in [0, 0.05) is 5.92 Å². The second-order valence-corrected chi connectivity index (χ2v) is 6.22. The summed E-state index contributed by atoms with van der Waals surface area (Å²) in [5.41, 5.74) is 0.147. The molecule has 1 aliphatic carbocycles. The molecule has 0 aromatic heterocycles. The van der Waals surface area contributed by atoms with Gasteiger partial charge in [-0.05, 0) is 6.08 Å². The summed E-state index contributed by atoms with van der Waals surface area (Å²) in [6.45, 7) is -0.616. The molecule has 2 heterocycles. The minimum Gasteiger partial charge on any atom is -0.471 e. The number of hydrogen-bond acceptors (Lipinski definition) is 10. The largest absolute Gasteiger partial charge is 0.471 e. The number of methoxy groups -OCH3 is 1. The average molecular weight is 372 g/mol. The molecular weight excluding hydrogens is 352 g/mol. The molecule has 1 saturated heterocycles. The van der Waals surface area contributed by atoms with E-state index in [0.717, 1.165) is 6.26 Å². The number of ether oxygens (including phenoxy) is 4. The van der Waals surface area contributed by atoms with Crippen molar-refractivity contribution in [1.82, 2.24) is 0 Å². The van der Waals surface area contributed by atoms with Crippen molar-refractivity contribution in [3.63, 3.8) is 0 Å². The first-order chi connectivity index (χ1) is 12.4. The van der Waals surface area contributed by atoms with Gasteiger partial charge in [-0.3, -0.25) is 4.79 Å². The number of aliphatic hydroxyl groups is 4. The Bertz CT molecular complexity index is 627. The monoisotopic (exact) mass is 372 g/mol. The number of carbonyl (C=O) groups is 2. The van der Waals surface area contributed by atoms with Crippen LogP contribution in [0.4, 0.5) is 0 Å². The Morgan fingerprint density at radius 3 is 2.58 bits per heavy atom. The van der Waals surface area contributed by atoms with Crippen molar-refractivity contribution >= 4 is 11.8 Å². The fourth-order valence-corrected chi connectivity index (χ4v) is 3.24. The van der Waals surface area contributed by atoms with Gasteiger partial charge >= 0.3 is 5.97 Å². The van der Waals surface area contributed by atoms with E-state index < -0.39 is 61.4 Å². The molecule has 26 heavy (non-hydrogen) atoms. The molecule has 1 fully saturated rings. The standard InChI is InChI=1S/C16H20O10/c1-23-14(22)7-5-24-15(10-6(7)2-3-8(10)18)26-16-13(21)12(20)11(19)9(4-17)25-16/h2-3,5-6,9-13,15-17,19-21H,4H2,1H3. The van der Waals surface area contributed by atoms with Crippen LogP contribution < -0.4 is 0 Å². The molecular formula is C16H20O10. The van der Waals surface area contributed by atoms with Gasteiger partial charge in [-0.2, -0.15) is 0 Å². The summed E-state index contributed by atoms with van der Waals surface area (Å²) in [6, 6.07) is 0. The van der Waals surface area contributed by atoms with E-state index in [-0.39, 0.29) is 11.4 Å². The predicted molar refractivity (Wildman–Crippen MR) is 81.0 cm³/mol. The van der Waals surface area contributed by atoms with Crippen LogP contribution in [-0.2, 0) is 28.5 Å². The first-order valence-corrected chi connectivity index (χ1v) is 8.01.